The van der Waals surface area contributed by atoms with Crippen LogP contribution in [0.5, 0.6) is 0 Å². The van der Waals surface area contributed by atoms with Gasteiger partial charge >= 0.3 is 0 Å². The molecular weight excluding hydrogens is 234 g/mol. The molecule has 0 amide bonds. The van der Waals surface area contributed by atoms with E-state index in [0.29, 0.717) is 17.8 Å². The van der Waals surface area contributed by atoms with Crippen molar-refractivity contribution >= 4 is 11.6 Å². The average Bonchev–Trinajstić information content (AvgIpc) is 2.57. The second kappa shape index (κ2) is 6.41. The lowest BCUT2D eigenvalue weighted by Crippen LogP contribution is -2.28. The minimum absolute atomic E-state index is 0.412. The number of rotatable bonds is 6. The molecule has 98 valence electrons. The smallest absolute Gasteiger partial charge is 0.0820 e. The molecule has 1 aromatic rings. The fraction of sp³-hybridized carbons (Fsp3) is 0.769. The van der Waals surface area contributed by atoms with Gasteiger partial charge in [-0.05, 0) is 24.9 Å². The topological polar surface area (TPSA) is 29.9 Å². The molecule has 1 N–H and O–H groups in total. The largest absolute Gasteiger partial charge is 0.316 e. The van der Waals surface area contributed by atoms with Gasteiger partial charge in [0.1, 0.15) is 0 Å². The first-order valence-corrected chi connectivity index (χ1v) is 6.69. The molecule has 0 saturated carbocycles. The van der Waals surface area contributed by atoms with Crippen LogP contribution < -0.4 is 5.32 Å². The van der Waals surface area contributed by atoms with Crippen LogP contribution in [-0.2, 0) is 7.05 Å². The van der Waals surface area contributed by atoms with E-state index in [9.17, 15) is 0 Å². The van der Waals surface area contributed by atoms with E-state index in [-0.39, 0.29) is 0 Å². The van der Waals surface area contributed by atoms with Gasteiger partial charge in [-0.25, -0.2) is 0 Å². The Balaban J connectivity index is 2.55. The molecule has 0 saturated heterocycles. The van der Waals surface area contributed by atoms with Gasteiger partial charge in [0.05, 0.1) is 16.9 Å². The minimum Gasteiger partial charge on any atom is -0.316 e. The maximum atomic E-state index is 6.16. The van der Waals surface area contributed by atoms with Gasteiger partial charge in [-0.1, -0.05) is 39.3 Å². The number of hydrogen-bond acceptors (Lipinski definition) is 2. The number of hydrogen-bond donors (Lipinski definition) is 1. The highest BCUT2D eigenvalue weighted by Gasteiger charge is 2.20. The van der Waals surface area contributed by atoms with Crippen LogP contribution in [0, 0.1) is 11.8 Å². The Bertz CT molecular complexity index is 327. The lowest BCUT2D eigenvalue weighted by atomic mass is 9.92. The zero-order chi connectivity index (χ0) is 13.0. The van der Waals surface area contributed by atoms with E-state index < -0.39 is 0 Å². The lowest BCUT2D eigenvalue weighted by molar-refractivity contribution is 0.414. The van der Waals surface area contributed by atoms with E-state index >= 15 is 0 Å². The summed E-state index contributed by atoms with van der Waals surface area (Å²) in [5, 5.41) is 8.46. The van der Waals surface area contributed by atoms with Crippen LogP contribution in [0.2, 0.25) is 5.02 Å². The van der Waals surface area contributed by atoms with E-state index in [1.165, 1.54) is 0 Å². The molecule has 0 radical (unpaired) electrons. The summed E-state index contributed by atoms with van der Waals surface area (Å²) in [6.45, 7) is 11.0. The summed E-state index contributed by atoms with van der Waals surface area (Å²) in [6.07, 6.45) is 1.72. The van der Waals surface area contributed by atoms with Gasteiger partial charge in [0.2, 0.25) is 0 Å². The molecule has 4 heteroatoms. The average molecular weight is 258 g/mol. The second-order valence-electron chi connectivity index (χ2n) is 5.32. The van der Waals surface area contributed by atoms with Gasteiger partial charge in [0.15, 0.2) is 0 Å². The summed E-state index contributed by atoms with van der Waals surface area (Å²) in [6, 6.07) is 0. The maximum absolute atomic E-state index is 6.16. The minimum atomic E-state index is 0.412. The van der Waals surface area contributed by atoms with Crippen molar-refractivity contribution in [1.82, 2.24) is 15.1 Å². The molecule has 1 aromatic heterocycles. The van der Waals surface area contributed by atoms with Gasteiger partial charge in [-0.15, -0.1) is 0 Å². The summed E-state index contributed by atoms with van der Waals surface area (Å²) in [5.74, 6) is 1.65. The van der Waals surface area contributed by atoms with E-state index in [1.807, 2.05) is 11.7 Å². The van der Waals surface area contributed by atoms with E-state index in [1.54, 1.807) is 6.20 Å². The molecule has 0 aliphatic carbocycles. The first-order chi connectivity index (χ1) is 7.93. The van der Waals surface area contributed by atoms with Gasteiger partial charge in [-0.3, -0.25) is 4.68 Å². The zero-order valence-corrected chi connectivity index (χ0v) is 12.3. The highest BCUT2D eigenvalue weighted by atomic mass is 35.5. The third-order valence-corrected chi connectivity index (χ3v) is 3.53. The molecule has 1 rings (SSSR count). The number of aromatic nitrogens is 2. The van der Waals surface area contributed by atoms with Crippen molar-refractivity contribution in [1.29, 1.82) is 0 Å². The summed E-state index contributed by atoms with van der Waals surface area (Å²) in [4.78, 5) is 0. The van der Waals surface area contributed by atoms with Crippen LogP contribution in [-0.4, -0.2) is 22.9 Å². The third kappa shape index (κ3) is 4.00. The molecule has 0 spiro atoms. The molecule has 0 aliphatic rings. The number of aryl methyl sites for hydroxylation is 1. The van der Waals surface area contributed by atoms with Crippen LogP contribution in [0.3, 0.4) is 0 Å². The standard InChI is InChI=1S/C13H24ClN3/c1-9(2)6-15-7-10(3)11(4)13-12(14)8-16-17(13)5/h8-11,15H,6-7H2,1-5H3. The van der Waals surface area contributed by atoms with Crippen molar-refractivity contribution in [3.63, 3.8) is 0 Å². The highest BCUT2D eigenvalue weighted by molar-refractivity contribution is 6.31. The van der Waals surface area contributed by atoms with Crippen LogP contribution >= 0.6 is 11.6 Å². The SMILES string of the molecule is CC(C)CNCC(C)C(C)c1c(Cl)cnn1C. The normalized spacial score (nSPS) is 15.2. The summed E-state index contributed by atoms with van der Waals surface area (Å²) < 4.78 is 1.88. The number of halogens is 1. The van der Waals surface area contributed by atoms with Crippen LogP contribution in [0.15, 0.2) is 6.20 Å². The summed E-state index contributed by atoms with van der Waals surface area (Å²) in [7, 11) is 1.95. The predicted molar refractivity (Wildman–Crippen MR) is 73.5 cm³/mol. The van der Waals surface area contributed by atoms with Crippen molar-refractivity contribution in [2.45, 2.75) is 33.6 Å². The lowest BCUT2D eigenvalue weighted by Gasteiger charge is -2.21. The molecule has 0 bridgehead atoms. The third-order valence-electron chi connectivity index (χ3n) is 3.24. The fourth-order valence-corrected chi connectivity index (χ4v) is 2.32. The van der Waals surface area contributed by atoms with E-state index in [0.717, 1.165) is 23.8 Å². The Morgan fingerprint density at radius 3 is 2.41 bits per heavy atom. The monoisotopic (exact) mass is 257 g/mol. The first-order valence-electron chi connectivity index (χ1n) is 6.31. The Morgan fingerprint density at radius 2 is 1.94 bits per heavy atom. The Hall–Kier alpha value is -0.540. The molecule has 0 aromatic carbocycles. The van der Waals surface area contributed by atoms with Gasteiger partial charge in [0.25, 0.3) is 0 Å². The summed E-state index contributed by atoms with van der Waals surface area (Å²) in [5.41, 5.74) is 1.13. The molecule has 0 aliphatic heterocycles. The van der Waals surface area contributed by atoms with Crippen molar-refractivity contribution < 1.29 is 0 Å². The second-order valence-corrected chi connectivity index (χ2v) is 5.73. The van der Waals surface area contributed by atoms with Crippen molar-refractivity contribution in [3.8, 4) is 0 Å². The molecule has 17 heavy (non-hydrogen) atoms. The van der Waals surface area contributed by atoms with Crippen molar-refractivity contribution in [3.05, 3.63) is 16.9 Å². The highest BCUT2D eigenvalue weighted by Crippen LogP contribution is 2.29. The maximum Gasteiger partial charge on any atom is 0.0820 e. The molecule has 2 unspecified atom stereocenters. The first kappa shape index (κ1) is 14.5. The number of nitrogens with one attached hydrogen (secondary N) is 1. The Morgan fingerprint density at radius 1 is 1.29 bits per heavy atom. The predicted octanol–water partition coefficient (Wildman–Crippen LogP) is 3.06. The van der Waals surface area contributed by atoms with Crippen molar-refractivity contribution in [2.75, 3.05) is 13.1 Å². The van der Waals surface area contributed by atoms with Crippen molar-refractivity contribution in [2.24, 2.45) is 18.9 Å². The zero-order valence-electron chi connectivity index (χ0n) is 11.5. The van der Waals surface area contributed by atoms with Crippen LogP contribution in [0.25, 0.3) is 0 Å². The molecule has 2 atom stereocenters. The Kier molecular flexibility index (Phi) is 5.47. The summed E-state index contributed by atoms with van der Waals surface area (Å²) >= 11 is 6.16. The molecule has 3 nitrogen and oxygen atoms in total. The fourth-order valence-electron chi connectivity index (χ4n) is 1.98. The Labute approximate surface area is 110 Å². The van der Waals surface area contributed by atoms with E-state index in [2.05, 4.69) is 38.1 Å². The van der Waals surface area contributed by atoms with Gasteiger partial charge < -0.3 is 5.32 Å². The molecule has 1 heterocycles. The van der Waals surface area contributed by atoms with Crippen LogP contribution in [0.4, 0.5) is 0 Å². The molecular formula is C13H24ClN3. The van der Waals surface area contributed by atoms with Gasteiger partial charge in [-0.2, -0.15) is 5.10 Å². The van der Waals surface area contributed by atoms with Crippen LogP contribution in [0.1, 0.15) is 39.3 Å². The van der Waals surface area contributed by atoms with Gasteiger partial charge in [0, 0.05) is 13.0 Å². The number of nitrogens with zero attached hydrogens (tertiary/aromatic N) is 2. The van der Waals surface area contributed by atoms with E-state index in [4.69, 9.17) is 11.6 Å². The molecule has 0 fully saturated rings. The quantitative estimate of drug-likeness (QED) is 0.849.